The van der Waals surface area contributed by atoms with Crippen LogP contribution in [0.5, 0.6) is 0 Å². The van der Waals surface area contributed by atoms with E-state index in [1.54, 1.807) is 23.2 Å². The Balaban J connectivity index is 1.55. The molecule has 106 valence electrons. The summed E-state index contributed by atoms with van der Waals surface area (Å²) in [6.07, 6.45) is 6.93. The van der Waals surface area contributed by atoms with Gasteiger partial charge >= 0.3 is 0 Å². The summed E-state index contributed by atoms with van der Waals surface area (Å²) < 4.78 is 5.14. The van der Waals surface area contributed by atoms with Gasteiger partial charge in [-0.25, -0.2) is 5.12 Å². The lowest BCUT2D eigenvalue weighted by atomic mass is 10.3. The molecule has 7 heteroatoms. The van der Waals surface area contributed by atoms with Crippen molar-refractivity contribution in [2.45, 2.75) is 0 Å². The lowest BCUT2D eigenvalue weighted by molar-refractivity contribution is -0.0422. The van der Waals surface area contributed by atoms with Crippen molar-refractivity contribution in [2.75, 3.05) is 26.2 Å². The lowest BCUT2D eigenvalue weighted by Crippen LogP contribution is -2.56. The summed E-state index contributed by atoms with van der Waals surface area (Å²) in [4.78, 5) is 13.9. The fourth-order valence-corrected chi connectivity index (χ4v) is 2.31. The van der Waals surface area contributed by atoms with Gasteiger partial charge in [0.25, 0.3) is 5.91 Å². The SMILES string of the molecule is O=C(c1ccco1)N1CCN(N2C=CC(Cl)=CN2)CC1. The molecule has 1 aromatic rings. The van der Waals surface area contributed by atoms with E-state index in [0.29, 0.717) is 23.9 Å². The average Bonchev–Trinajstić information content (AvgIpc) is 3.02. The van der Waals surface area contributed by atoms with E-state index in [4.69, 9.17) is 16.0 Å². The number of carbonyl (C=O) groups is 1. The van der Waals surface area contributed by atoms with Crippen LogP contribution in [0, 0.1) is 0 Å². The van der Waals surface area contributed by atoms with Gasteiger partial charge in [0, 0.05) is 38.6 Å². The molecule has 0 aromatic carbocycles. The number of carbonyl (C=O) groups excluding carboxylic acids is 1. The smallest absolute Gasteiger partial charge is 0.289 e. The predicted octanol–water partition coefficient (Wildman–Crippen LogP) is 1.37. The Morgan fingerprint density at radius 3 is 2.70 bits per heavy atom. The molecule has 1 saturated heterocycles. The van der Waals surface area contributed by atoms with E-state index in [-0.39, 0.29) is 5.91 Å². The minimum absolute atomic E-state index is 0.0558. The molecule has 1 N–H and O–H groups in total. The van der Waals surface area contributed by atoms with Crippen LogP contribution in [0.2, 0.25) is 0 Å². The van der Waals surface area contributed by atoms with Gasteiger partial charge in [-0.2, -0.15) is 5.01 Å². The zero-order chi connectivity index (χ0) is 13.9. The van der Waals surface area contributed by atoms with E-state index in [0.717, 1.165) is 13.1 Å². The molecular weight excluding hydrogens is 280 g/mol. The minimum Gasteiger partial charge on any atom is -0.459 e. The fourth-order valence-electron chi connectivity index (χ4n) is 2.21. The van der Waals surface area contributed by atoms with Gasteiger partial charge in [-0.15, -0.1) is 0 Å². The standard InChI is InChI=1S/C13H15ClN4O2/c14-11-3-4-18(15-10-11)17-7-5-16(6-8-17)13(19)12-2-1-9-20-12/h1-4,9-10,15H,5-8H2. The van der Waals surface area contributed by atoms with Crippen molar-refractivity contribution in [1.82, 2.24) is 20.5 Å². The molecule has 0 radical (unpaired) electrons. The molecule has 3 rings (SSSR count). The average molecular weight is 295 g/mol. The van der Waals surface area contributed by atoms with Crippen molar-refractivity contribution in [2.24, 2.45) is 0 Å². The quantitative estimate of drug-likeness (QED) is 0.893. The number of nitrogens with zero attached hydrogens (tertiary/aromatic N) is 3. The van der Waals surface area contributed by atoms with Crippen LogP contribution in [0.4, 0.5) is 0 Å². The van der Waals surface area contributed by atoms with Gasteiger partial charge in [-0.1, -0.05) is 11.6 Å². The van der Waals surface area contributed by atoms with Crippen LogP contribution in [0.1, 0.15) is 10.6 Å². The Labute approximate surface area is 121 Å². The van der Waals surface area contributed by atoms with Gasteiger partial charge in [-0.3, -0.25) is 10.2 Å². The number of amides is 1. The van der Waals surface area contributed by atoms with E-state index in [1.165, 1.54) is 6.26 Å². The zero-order valence-corrected chi connectivity index (χ0v) is 11.6. The molecule has 20 heavy (non-hydrogen) atoms. The van der Waals surface area contributed by atoms with Gasteiger partial charge in [0.1, 0.15) is 0 Å². The van der Waals surface area contributed by atoms with Gasteiger partial charge in [-0.05, 0) is 18.2 Å². The maximum absolute atomic E-state index is 12.1. The fraction of sp³-hybridized carbons (Fsp3) is 0.308. The van der Waals surface area contributed by atoms with Crippen LogP contribution in [-0.2, 0) is 0 Å². The Kier molecular flexibility index (Phi) is 3.66. The second-order valence-corrected chi connectivity index (χ2v) is 4.98. The minimum atomic E-state index is -0.0558. The second kappa shape index (κ2) is 5.60. The molecule has 0 aliphatic carbocycles. The Hall–Kier alpha value is -1.92. The predicted molar refractivity (Wildman–Crippen MR) is 74.2 cm³/mol. The summed E-state index contributed by atoms with van der Waals surface area (Å²) in [5.74, 6) is 0.337. The summed E-state index contributed by atoms with van der Waals surface area (Å²) in [5.41, 5.74) is 3.07. The molecule has 0 saturated carbocycles. The van der Waals surface area contributed by atoms with Crippen molar-refractivity contribution in [3.63, 3.8) is 0 Å². The first-order valence-electron chi connectivity index (χ1n) is 6.41. The lowest BCUT2D eigenvalue weighted by Gasteiger charge is -2.40. The number of hydrogen-bond donors (Lipinski definition) is 1. The van der Waals surface area contributed by atoms with Crippen molar-refractivity contribution in [1.29, 1.82) is 0 Å². The molecule has 0 unspecified atom stereocenters. The third-order valence-corrected chi connectivity index (χ3v) is 3.52. The van der Waals surface area contributed by atoms with Crippen LogP contribution in [0.25, 0.3) is 0 Å². The number of hydrazine groups is 2. The zero-order valence-electron chi connectivity index (χ0n) is 10.8. The Morgan fingerprint density at radius 1 is 1.30 bits per heavy atom. The highest BCUT2D eigenvalue weighted by molar-refractivity contribution is 6.31. The number of piperazine rings is 1. The molecule has 1 fully saturated rings. The van der Waals surface area contributed by atoms with E-state index >= 15 is 0 Å². The molecule has 1 amide bonds. The number of nitrogens with one attached hydrogen (secondary N) is 1. The highest BCUT2D eigenvalue weighted by atomic mass is 35.5. The van der Waals surface area contributed by atoms with E-state index < -0.39 is 0 Å². The molecule has 0 bridgehead atoms. The van der Waals surface area contributed by atoms with E-state index in [9.17, 15) is 4.79 Å². The molecule has 3 heterocycles. The summed E-state index contributed by atoms with van der Waals surface area (Å²) in [5, 5.41) is 4.65. The number of furan rings is 1. The number of allylic oxidation sites excluding steroid dienone is 2. The Bertz CT molecular complexity index is 533. The van der Waals surface area contributed by atoms with Crippen LogP contribution in [-0.4, -0.2) is 47.1 Å². The first-order valence-corrected chi connectivity index (χ1v) is 6.79. The van der Waals surface area contributed by atoms with Gasteiger partial charge in [0.15, 0.2) is 5.76 Å². The van der Waals surface area contributed by atoms with Crippen LogP contribution < -0.4 is 5.43 Å². The number of hydrogen-bond acceptors (Lipinski definition) is 5. The maximum atomic E-state index is 12.1. The third kappa shape index (κ3) is 2.66. The van der Waals surface area contributed by atoms with Crippen LogP contribution in [0.15, 0.2) is 46.3 Å². The topological polar surface area (TPSA) is 52.0 Å². The molecule has 2 aliphatic rings. The second-order valence-electron chi connectivity index (χ2n) is 4.54. The molecule has 1 aromatic heterocycles. The molecule has 0 spiro atoms. The molecular formula is C13H15ClN4O2. The van der Waals surface area contributed by atoms with Crippen molar-refractivity contribution in [3.8, 4) is 0 Å². The van der Waals surface area contributed by atoms with Gasteiger partial charge in [0.05, 0.1) is 11.3 Å². The first kappa shape index (κ1) is 13.1. The summed E-state index contributed by atoms with van der Waals surface area (Å²) in [7, 11) is 0. The van der Waals surface area contributed by atoms with Crippen LogP contribution >= 0.6 is 11.6 Å². The van der Waals surface area contributed by atoms with E-state index in [1.807, 2.05) is 17.4 Å². The largest absolute Gasteiger partial charge is 0.459 e. The molecule has 0 atom stereocenters. The molecule has 2 aliphatic heterocycles. The van der Waals surface area contributed by atoms with Crippen molar-refractivity contribution in [3.05, 3.63) is 47.7 Å². The number of rotatable bonds is 2. The maximum Gasteiger partial charge on any atom is 0.289 e. The number of halogens is 1. The first-order chi connectivity index (χ1) is 9.74. The molecule has 6 nitrogen and oxygen atoms in total. The summed E-state index contributed by atoms with van der Waals surface area (Å²) >= 11 is 5.85. The monoisotopic (exact) mass is 294 g/mol. The normalized spacial score (nSPS) is 19.8. The third-order valence-electron chi connectivity index (χ3n) is 3.29. The van der Waals surface area contributed by atoms with E-state index in [2.05, 4.69) is 10.4 Å². The highest BCUT2D eigenvalue weighted by Crippen LogP contribution is 2.13. The van der Waals surface area contributed by atoms with Crippen LogP contribution in [0.3, 0.4) is 0 Å². The van der Waals surface area contributed by atoms with Gasteiger partial charge < -0.3 is 9.32 Å². The summed E-state index contributed by atoms with van der Waals surface area (Å²) in [6.45, 7) is 2.80. The van der Waals surface area contributed by atoms with Crippen molar-refractivity contribution >= 4 is 17.5 Å². The Morgan fingerprint density at radius 2 is 2.10 bits per heavy atom. The highest BCUT2D eigenvalue weighted by Gasteiger charge is 2.25. The van der Waals surface area contributed by atoms with Crippen molar-refractivity contribution < 1.29 is 9.21 Å². The van der Waals surface area contributed by atoms with Gasteiger partial charge in [0.2, 0.25) is 0 Å². The summed E-state index contributed by atoms with van der Waals surface area (Å²) in [6, 6.07) is 3.42.